The van der Waals surface area contributed by atoms with Crippen LogP contribution in [0.4, 0.5) is 4.79 Å². The molecule has 0 fully saturated rings. The van der Waals surface area contributed by atoms with Gasteiger partial charge in [0.05, 0.1) is 39.6 Å². The normalized spacial score (nSPS) is 11.1. The maximum Gasteiger partial charge on any atom is 0.407 e. The Morgan fingerprint density at radius 2 is 1.52 bits per heavy atom. The van der Waals surface area contributed by atoms with E-state index in [9.17, 15) is 4.79 Å². The van der Waals surface area contributed by atoms with Gasteiger partial charge in [0.2, 0.25) is 0 Å². The van der Waals surface area contributed by atoms with E-state index in [0.717, 1.165) is 28.7 Å². The number of rotatable bonds is 15. The van der Waals surface area contributed by atoms with Crippen LogP contribution >= 0.6 is 0 Å². The Balaban J connectivity index is 1.28. The summed E-state index contributed by atoms with van der Waals surface area (Å²) in [5.74, 6) is 0.908. The second-order valence-electron chi connectivity index (χ2n) is 7.36. The highest BCUT2D eigenvalue weighted by Gasteiger charge is 2.07. The molecule has 1 heterocycles. The third-order valence-electron chi connectivity index (χ3n) is 4.76. The molecule has 0 aliphatic rings. The summed E-state index contributed by atoms with van der Waals surface area (Å²) in [6.07, 6.45) is 0.253. The highest BCUT2D eigenvalue weighted by Crippen LogP contribution is 2.22. The number of furan rings is 1. The minimum absolute atomic E-state index is 0.172. The molecule has 2 aromatic carbocycles. The lowest BCUT2D eigenvalue weighted by Gasteiger charge is -2.08. The van der Waals surface area contributed by atoms with Gasteiger partial charge in [-0.25, -0.2) is 4.79 Å². The first-order valence-electron chi connectivity index (χ1n) is 11.1. The van der Waals surface area contributed by atoms with E-state index in [2.05, 4.69) is 23.5 Å². The fourth-order valence-corrected chi connectivity index (χ4v) is 3.17. The maximum absolute atomic E-state index is 11.9. The SMILES string of the molecule is NCCOCCOCCOCCOC(=O)NCc1ccc2cc(Cc3ccccc3)oc2c1. The van der Waals surface area contributed by atoms with Gasteiger partial charge in [0, 0.05) is 24.9 Å². The van der Waals surface area contributed by atoms with E-state index >= 15 is 0 Å². The van der Waals surface area contributed by atoms with Crippen molar-refractivity contribution in [2.75, 3.05) is 52.8 Å². The van der Waals surface area contributed by atoms with Crippen LogP contribution in [-0.4, -0.2) is 58.9 Å². The van der Waals surface area contributed by atoms with Crippen LogP contribution in [-0.2, 0) is 31.9 Å². The van der Waals surface area contributed by atoms with Crippen molar-refractivity contribution in [3.63, 3.8) is 0 Å². The lowest BCUT2D eigenvalue weighted by Crippen LogP contribution is -2.25. The molecule has 0 aliphatic heterocycles. The van der Waals surface area contributed by atoms with E-state index in [1.54, 1.807) is 0 Å². The monoisotopic (exact) mass is 456 g/mol. The largest absolute Gasteiger partial charge is 0.461 e. The molecule has 0 spiro atoms. The summed E-state index contributed by atoms with van der Waals surface area (Å²) in [5, 5.41) is 3.78. The Morgan fingerprint density at radius 1 is 0.818 bits per heavy atom. The van der Waals surface area contributed by atoms with Gasteiger partial charge < -0.3 is 34.4 Å². The van der Waals surface area contributed by atoms with Crippen molar-refractivity contribution in [1.82, 2.24) is 5.32 Å². The Kier molecular flexibility index (Phi) is 10.7. The molecule has 1 aromatic heterocycles. The summed E-state index contributed by atoms with van der Waals surface area (Å²) in [5.41, 5.74) is 8.25. The number of carbonyl (C=O) groups is 1. The molecule has 8 heteroatoms. The first-order chi connectivity index (χ1) is 16.2. The minimum atomic E-state index is -0.490. The zero-order valence-corrected chi connectivity index (χ0v) is 18.8. The quantitative estimate of drug-likeness (QED) is 0.338. The lowest BCUT2D eigenvalue weighted by atomic mass is 10.1. The molecule has 0 radical (unpaired) electrons. The van der Waals surface area contributed by atoms with E-state index < -0.39 is 6.09 Å². The molecule has 0 atom stereocenters. The number of nitrogens with one attached hydrogen (secondary N) is 1. The lowest BCUT2D eigenvalue weighted by molar-refractivity contribution is 0.00674. The molecule has 0 aliphatic carbocycles. The van der Waals surface area contributed by atoms with Crippen molar-refractivity contribution < 1.29 is 28.2 Å². The van der Waals surface area contributed by atoms with Gasteiger partial charge in [-0.05, 0) is 23.3 Å². The van der Waals surface area contributed by atoms with Crippen molar-refractivity contribution in [3.8, 4) is 0 Å². The van der Waals surface area contributed by atoms with Gasteiger partial charge in [-0.2, -0.15) is 0 Å². The van der Waals surface area contributed by atoms with Crippen LogP contribution in [0.15, 0.2) is 59.0 Å². The average Bonchev–Trinajstić information content (AvgIpc) is 3.23. The van der Waals surface area contributed by atoms with Crippen molar-refractivity contribution in [2.24, 2.45) is 5.73 Å². The molecule has 3 rings (SSSR count). The fourth-order valence-electron chi connectivity index (χ4n) is 3.17. The zero-order valence-electron chi connectivity index (χ0n) is 18.8. The molecule has 0 saturated heterocycles. The van der Waals surface area contributed by atoms with Crippen molar-refractivity contribution in [1.29, 1.82) is 0 Å². The van der Waals surface area contributed by atoms with Crippen LogP contribution in [0.2, 0.25) is 0 Å². The van der Waals surface area contributed by atoms with Crippen LogP contribution in [0.1, 0.15) is 16.9 Å². The van der Waals surface area contributed by atoms with E-state index in [1.807, 2.05) is 36.4 Å². The molecule has 1 amide bonds. The molecule has 33 heavy (non-hydrogen) atoms. The Morgan fingerprint density at radius 3 is 2.24 bits per heavy atom. The van der Waals surface area contributed by atoms with Crippen molar-refractivity contribution in [2.45, 2.75) is 13.0 Å². The number of nitrogens with two attached hydrogens (primary N) is 1. The highest BCUT2D eigenvalue weighted by atomic mass is 16.6. The summed E-state index contributed by atoms with van der Waals surface area (Å²) < 4.78 is 27.0. The second kappa shape index (κ2) is 14.3. The predicted octanol–water partition coefficient (Wildman–Crippen LogP) is 3.26. The number of hydrogen-bond acceptors (Lipinski definition) is 7. The number of carbonyl (C=O) groups excluding carboxylic acids is 1. The Hall–Kier alpha value is -2.91. The molecule has 178 valence electrons. The number of ether oxygens (including phenoxy) is 4. The van der Waals surface area contributed by atoms with E-state index in [1.165, 1.54) is 5.56 Å². The Labute approximate surface area is 193 Å². The van der Waals surface area contributed by atoms with E-state index in [-0.39, 0.29) is 6.61 Å². The molecule has 3 aromatic rings. The van der Waals surface area contributed by atoms with Crippen LogP contribution in [0, 0.1) is 0 Å². The highest BCUT2D eigenvalue weighted by molar-refractivity contribution is 5.79. The zero-order chi connectivity index (χ0) is 23.1. The third-order valence-corrected chi connectivity index (χ3v) is 4.76. The van der Waals surface area contributed by atoms with Crippen LogP contribution in [0.5, 0.6) is 0 Å². The van der Waals surface area contributed by atoms with Gasteiger partial charge in [-0.1, -0.05) is 42.5 Å². The Bertz CT molecular complexity index is 960. The second-order valence-corrected chi connectivity index (χ2v) is 7.36. The van der Waals surface area contributed by atoms with Crippen molar-refractivity contribution in [3.05, 3.63) is 71.5 Å². The number of amides is 1. The van der Waals surface area contributed by atoms with E-state index in [4.69, 9.17) is 29.1 Å². The predicted molar refractivity (Wildman–Crippen MR) is 125 cm³/mol. The first-order valence-corrected chi connectivity index (χ1v) is 11.1. The number of fused-ring (bicyclic) bond motifs is 1. The van der Waals surface area contributed by atoms with Crippen molar-refractivity contribution >= 4 is 17.1 Å². The first kappa shape index (κ1) is 24.7. The molecule has 8 nitrogen and oxygen atoms in total. The van der Waals surface area contributed by atoms with Gasteiger partial charge in [0.1, 0.15) is 18.0 Å². The van der Waals surface area contributed by atoms with Crippen LogP contribution < -0.4 is 11.1 Å². The minimum Gasteiger partial charge on any atom is -0.461 e. The smallest absolute Gasteiger partial charge is 0.407 e. The summed E-state index contributed by atoms with van der Waals surface area (Å²) in [4.78, 5) is 11.9. The van der Waals surface area contributed by atoms with Gasteiger partial charge in [-0.3, -0.25) is 0 Å². The third kappa shape index (κ3) is 9.23. The topological polar surface area (TPSA) is 105 Å². The summed E-state index contributed by atoms with van der Waals surface area (Å²) in [6, 6.07) is 18.1. The fraction of sp³-hybridized carbons (Fsp3) is 0.400. The van der Waals surface area contributed by atoms with Crippen LogP contribution in [0.25, 0.3) is 11.0 Å². The van der Waals surface area contributed by atoms with Gasteiger partial charge in [0.15, 0.2) is 0 Å². The van der Waals surface area contributed by atoms with Gasteiger partial charge in [-0.15, -0.1) is 0 Å². The molecular weight excluding hydrogens is 424 g/mol. The summed E-state index contributed by atoms with van der Waals surface area (Å²) >= 11 is 0. The summed E-state index contributed by atoms with van der Waals surface area (Å²) in [7, 11) is 0. The molecule has 3 N–H and O–H groups in total. The number of benzene rings is 2. The molecule has 0 unspecified atom stereocenters. The molecule has 0 saturated carbocycles. The average molecular weight is 457 g/mol. The van der Waals surface area contributed by atoms with E-state index in [0.29, 0.717) is 52.7 Å². The summed E-state index contributed by atoms with van der Waals surface area (Å²) in [6.45, 7) is 3.78. The van der Waals surface area contributed by atoms with Gasteiger partial charge in [0.25, 0.3) is 0 Å². The molecular formula is C25H32N2O6. The molecule has 0 bridgehead atoms. The van der Waals surface area contributed by atoms with Crippen LogP contribution in [0.3, 0.4) is 0 Å². The number of hydrogen-bond donors (Lipinski definition) is 2. The maximum atomic E-state index is 11.9. The number of alkyl carbamates (subject to hydrolysis) is 1. The van der Waals surface area contributed by atoms with Gasteiger partial charge >= 0.3 is 6.09 Å². The standard InChI is InChI=1S/C25H32N2O6/c26-8-9-29-10-11-30-12-13-31-14-15-32-25(28)27-19-21-6-7-22-18-23(33-24(22)17-21)16-20-4-2-1-3-5-20/h1-7,17-18H,8-16,19,26H2,(H,27,28).